The summed E-state index contributed by atoms with van der Waals surface area (Å²) in [7, 11) is 1.34. The van der Waals surface area contributed by atoms with E-state index in [2.05, 4.69) is 15.4 Å². The van der Waals surface area contributed by atoms with Gasteiger partial charge in [0, 0.05) is 11.4 Å². The molecular formula is C17H18N2O3. The topological polar surface area (TPSA) is 67.4 Å². The van der Waals surface area contributed by atoms with E-state index in [1.807, 2.05) is 31.2 Å². The Morgan fingerprint density at radius 3 is 2.41 bits per heavy atom. The first-order valence-electron chi connectivity index (χ1n) is 6.87. The predicted molar refractivity (Wildman–Crippen MR) is 86.1 cm³/mol. The lowest BCUT2D eigenvalue weighted by atomic mass is 10.2. The molecule has 0 fully saturated rings. The molecule has 5 heteroatoms. The second kappa shape index (κ2) is 7.26. The quantitative estimate of drug-likeness (QED) is 0.833. The number of amides is 1. The molecule has 0 aliphatic heterocycles. The van der Waals surface area contributed by atoms with Crippen LogP contribution in [0.3, 0.4) is 0 Å². The van der Waals surface area contributed by atoms with Crippen molar-refractivity contribution in [2.75, 3.05) is 24.3 Å². The molecule has 0 spiro atoms. The van der Waals surface area contributed by atoms with E-state index in [-0.39, 0.29) is 18.4 Å². The van der Waals surface area contributed by atoms with Crippen LogP contribution in [0, 0.1) is 6.92 Å². The van der Waals surface area contributed by atoms with Crippen molar-refractivity contribution in [1.82, 2.24) is 0 Å². The van der Waals surface area contributed by atoms with Crippen LogP contribution in [0.4, 0.5) is 11.4 Å². The fourth-order valence-electron chi connectivity index (χ4n) is 1.95. The number of hydrogen-bond donors (Lipinski definition) is 2. The number of nitrogens with one attached hydrogen (secondary N) is 2. The largest absolute Gasteiger partial charge is 0.465 e. The Bertz CT molecular complexity index is 666. The van der Waals surface area contributed by atoms with Crippen LogP contribution in [0.25, 0.3) is 0 Å². The molecule has 0 saturated heterocycles. The Labute approximate surface area is 129 Å². The van der Waals surface area contributed by atoms with E-state index < -0.39 is 0 Å². The van der Waals surface area contributed by atoms with Crippen molar-refractivity contribution < 1.29 is 14.3 Å². The number of ether oxygens (including phenoxy) is 1. The maximum absolute atomic E-state index is 11.9. The van der Waals surface area contributed by atoms with E-state index in [9.17, 15) is 9.59 Å². The van der Waals surface area contributed by atoms with Gasteiger partial charge in [-0.05, 0) is 48.9 Å². The fraction of sp³-hybridized carbons (Fsp3) is 0.176. The van der Waals surface area contributed by atoms with E-state index in [0.29, 0.717) is 5.56 Å². The van der Waals surface area contributed by atoms with Crippen molar-refractivity contribution in [2.24, 2.45) is 0 Å². The zero-order chi connectivity index (χ0) is 15.9. The van der Waals surface area contributed by atoms with Gasteiger partial charge >= 0.3 is 5.97 Å². The molecular weight excluding hydrogens is 280 g/mol. The van der Waals surface area contributed by atoms with Gasteiger partial charge in [0.1, 0.15) is 0 Å². The average Bonchev–Trinajstić information content (AvgIpc) is 2.52. The standard InChI is InChI=1S/C17H18N2O3/c1-12-4-3-5-15(10-12)19-16(20)11-18-14-8-6-13(7-9-14)17(21)22-2/h3-10,18H,11H2,1-2H3,(H,19,20). The molecule has 0 bridgehead atoms. The molecule has 0 unspecified atom stereocenters. The summed E-state index contributed by atoms with van der Waals surface area (Å²) in [6.45, 7) is 2.11. The molecule has 0 radical (unpaired) electrons. The molecule has 0 aliphatic carbocycles. The normalized spacial score (nSPS) is 9.91. The Hall–Kier alpha value is -2.82. The molecule has 0 aliphatic rings. The van der Waals surface area contributed by atoms with Crippen molar-refractivity contribution in [3.05, 3.63) is 59.7 Å². The SMILES string of the molecule is COC(=O)c1ccc(NCC(=O)Nc2cccc(C)c2)cc1. The number of benzene rings is 2. The third-order valence-electron chi connectivity index (χ3n) is 3.06. The number of hydrogen-bond acceptors (Lipinski definition) is 4. The maximum Gasteiger partial charge on any atom is 0.337 e. The minimum atomic E-state index is -0.385. The smallest absolute Gasteiger partial charge is 0.337 e. The molecule has 0 saturated carbocycles. The summed E-state index contributed by atoms with van der Waals surface area (Å²) in [5.41, 5.74) is 3.08. The van der Waals surface area contributed by atoms with Crippen LogP contribution in [0.5, 0.6) is 0 Å². The number of carbonyl (C=O) groups excluding carboxylic acids is 2. The maximum atomic E-state index is 11.9. The number of esters is 1. The van der Waals surface area contributed by atoms with Crippen LogP contribution in [0.1, 0.15) is 15.9 Å². The first kappa shape index (κ1) is 15.6. The molecule has 2 aromatic carbocycles. The number of aryl methyl sites for hydroxylation is 1. The molecule has 2 rings (SSSR count). The molecule has 114 valence electrons. The van der Waals surface area contributed by atoms with Crippen molar-refractivity contribution in [3.8, 4) is 0 Å². The second-order valence-corrected chi connectivity index (χ2v) is 4.84. The van der Waals surface area contributed by atoms with E-state index in [1.165, 1.54) is 7.11 Å². The third kappa shape index (κ3) is 4.34. The van der Waals surface area contributed by atoms with Gasteiger partial charge in [0.2, 0.25) is 5.91 Å². The highest BCUT2D eigenvalue weighted by Crippen LogP contribution is 2.11. The highest BCUT2D eigenvalue weighted by Gasteiger charge is 2.05. The van der Waals surface area contributed by atoms with Gasteiger partial charge in [-0.2, -0.15) is 0 Å². The Kier molecular flexibility index (Phi) is 5.14. The summed E-state index contributed by atoms with van der Waals surface area (Å²) in [4.78, 5) is 23.2. The number of methoxy groups -OCH3 is 1. The highest BCUT2D eigenvalue weighted by molar-refractivity contribution is 5.94. The lowest BCUT2D eigenvalue weighted by Crippen LogP contribution is -2.21. The van der Waals surface area contributed by atoms with Gasteiger partial charge in [-0.25, -0.2) is 4.79 Å². The van der Waals surface area contributed by atoms with Crippen molar-refractivity contribution in [3.63, 3.8) is 0 Å². The minimum Gasteiger partial charge on any atom is -0.465 e. The average molecular weight is 298 g/mol. The van der Waals surface area contributed by atoms with E-state index >= 15 is 0 Å². The van der Waals surface area contributed by atoms with Crippen LogP contribution in [0.15, 0.2) is 48.5 Å². The summed E-state index contributed by atoms with van der Waals surface area (Å²) in [5, 5.41) is 5.82. The van der Waals surface area contributed by atoms with Crippen LogP contribution in [-0.2, 0) is 9.53 Å². The van der Waals surface area contributed by atoms with Crippen molar-refractivity contribution in [1.29, 1.82) is 0 Å². The number of anilines is 2. The molecule has 0 aromatic heterocycles. The molecule has 2 aromatic rings. The number of rotatable bonds is 5. The van der Waals surface area contributed by atoms with Crippen molar-refractivity contribution in [2.45, 2.75) is 6.92 Å². The lowest BCUT2D eigenvalue weighted by Gasteiger charge is -2.08. The second-order valence-electron chi connectivity index (χ2n) is 4.84. The van der Waals surface area contributed by atoms with E-state index in [1.54, 1.807) is 24.3 Å². The summed E-state index contributed by atoms with van der Waals surface area (Å²) < 4.78 is 4.63. The fourth-order valence-corrected chi connectivity index (χ4v) is 1.95. The summed E-state index contributed by atoms with van der Waals surface area (Å²) >= 11 is 0. The zero-order valence-electron chi connectivity index (χ0n) is 12.6. The first-order chi connectivity index (χ1) is 10.6. The summed E-state index contributed by atoms with van der Waals surface area (Å²) in [5.74, 6) is -0.522. The lowest BCUT2D eigenvalue weighted by molar-refractivity contribution is -0.114. The van der Waals surface area contributed by atoms with Gasteiger partial charge in [-0.15, -0.1) is 0 Å². The number of carbonyl (C=O) groups is 2. The van der Waals surface area contributed by atoms with Crippen LogP contribution < -0.4 is 10.6 Å². The molecule has 5 nitrogen and oxygen atoms in total. The molecule has 2 N–H and O–H groups in total. The molecule has 1 amide bonds. The van der Waals surface area contributed by atoms with Crippen LogP contribution in [0.2, 0.25) is 0 Å². The Morgan fingerprint density at radius 2 is 1.77 bits per heavy atom. The molecule has 22 heavy (non-hydrogen) atoms. The molecule has 0 heterocycles. The third-order valence-corrected chi connectivity index (χ3v) is 3.06. The zero-order valence-corrected chi connectivity index (χ0v) is 12.6. The highest BCUT2D eigenvalue weighted by atomic mass is 16.5. The van der Waals surface area contributed by atoms with Gasteiger partial charge in [0.05, 0.1) is 19.2 Å². The summed E-state index contributed by atoms with van der Waals surface area (Å²) in [6.07, 6.45) is 0. The van der Waals surface area contributed by atoms with Gasteiger partial charge in [-0.3, -0.25) is 4.79 Å². The van der Waals surface area contributed by atoms with Gasteiger partial charge in [0.25, 0.3) is 0 Å². The van der Waals surface area contributed by atoms with Gasteiger partial charge in [0.15, 0.2) is 0 Å². The van der Waals surface area contributed by atoms with Crippen molar-refractivity contribution >= 4 is 23.3 Å². The Balaban J connectivity index is 1.87. The van der Waals surface area contributed by atoms with Crippen LogP contribution >= 0.6 is 0 Å². The first-order valence-corrected chi connectivity index (χ1v) is 6.87. The Morgan fingerprint density at radius 1 is 1.05 bits per heavy atom. The molecule has 0 atom stereocenters. The van der Waals surface area contributed by atoms with Gasteiger partial charge < -0.3 is 15.4 Å². The van der Waals surface area contributed by atoms with E-state index in [0.717, 1.165) is 16.9 Å². The van der Waals surface area contributed by atoms with E-state index in [4.69, 9.17) is 0 Å². The minimum absolute atomic E-state index is 0.136. The van der Waals surface area contributed by atoms with Crippen LogP contribution in [-0.4, -0.2) is 25.5 Å². The van der Waals surface area contributed by atoms with Gasteiger partial charge in [-0.1, -0.05) is 12.1 Å². The predicted octanol–water partition coefficient (Wildman–Crippen LogP) is 2.83. The summed E-state index contributed by atoms with van der Waals surface area (Å²) in [6, 6.07) is 14.4. The monoisotopic (exact) mass is 298 g/mol.